The maximum atomic E-state index is 12.4. The summed E-state index contributed by atoms with van der Waals surface area (Å²) in [7, 11) is 0. The molecule has 1 saturated heterocycles. The third kappa shape index (κ3) is 2.72. The molecular weight excluding hydrogens is 284 g/mol. The van der Waals surface area contributed by atoms with Crippen LogP contribution in [0.5, 0.6) is 0 Å². The van der Waals surface area contributed by atoms with E-state index in [9.17, 15) is 4.79 Å². The van der Waals surface area contributed by atoms with Gasteiger partial charge in [-0.3, -0.25) is 4.79 Å². The Kier molecular flexibility index (Phi) is 4.26. The van der Waals surface area contributed by atoms with Gasteiger partial charge in [0.25, 0.3) is 0 Å². The van der Waals surface area contributed by atoms with Crippen LogP contribution in [-0.4, -0.2) is 25.0 Å². The first-order chi connectivity index (χ1) is 9.64. The zero-order valence-corrected chi connectivity index (χ0v) is 13.9. The van der Waals surface area contributed by atoms with Crippen molar-refractivity contribution in [2.45, 2.75) is 57.9 Å². The summed E-state index contributed by atoms with van der Waals surface area (Å²) >= 11 is 0. The molecule has 0 spiro atoms. The second-order valence-electron chi connectivity index (χ2n) is 8.20. The van der Waals surface area contributed by atoms with Crippen LogP contribution in [0.4, 0.5) is 0 Å². The van der Waals surface area contributed by atoms with Gasteiger partial charge in [-0.25, -0.2) is 0 Å². The molecule has 5 aliphatic rings. The van der Waals surface area contributed by atoms with Crippen molar-refractivity contribution >= 4 is 18.3 Å². The molecule has 4 saturated carbocycles. The Morgan fingerprint density at radius 1 is 1.14 bits per heavy atom. The molecule has 1 aliphatic heterocycles. The van der Waals surface area contributed by atoms with Crippen LogP contribution in [0.3, 0.4) is 0 Å². The van der Waals surface area contributed by atoms with Gasteiger partial charge in [-0.15, -0.1) is 12.4 Å². The van der Waals surface area contributed by atoms with E-state index in [4.69, 9.17) is 0 Å². The Morgan fingerprint density at radius 3 is 2.19 bits per heavy atom. The van der Waals surface area contributed by atoms with Crippen LogP contribution in [0.15, 0.2) is 0 Å². The Labute approximate surface area is 134 Å². The third-order valence-electron chi connectivity index (χ3n) is 6.79. The summed E-state index contributed by atoms with van der Waals surface area (Å²) < 4.78 is 0. The minimum Gasteiger partial charge on any atom is -0.353 e. The Balaban J connectivity index is 0.00000132. The van der Waals surface area contributed by atoms with E-state index >= 15 is 0 Å². The predicted molar refractivity (Wildman–Crippen MR) is 86.4 cm³/mol. The van der Waals surface area contributed by atoms with Crippen LogP contribution in [0.1, 0.15) is 51.9 Å². The lowest BCUT2D eigenvalue weighted by molar-refractivity contribution is -0.129. The summed E-state index contributed by atoms with van der Waals surface area (Å²) in [5.41, 5.74) is 0.441. The van der Waals surface area contributed by atoms with Gasteiger partial charge in [0.05, 0.1) is 5.92 Å². The van der Waals surface area contributed by atoms with Gasteiger partial charge in [0.1, 0.15) is 0 Å². The quantitative estimate of drug-likeness (QED) is 0.841. The molecule has 4 heteroatoms. The maximum absolute atomic E-state index is 12.4. The van der Waals surface area contributed by atoms with E-state index in [0.29, 0.717) is 17.4 Å². The van der Waals surface area contributed by atoms with E-state index in [1.165, 1.54) is 38.5 Å². The van der Waals surface area contributed by atoms with E-state index in [2.05, 4.69) is 17.6 Å². The minimum absolute atomic E-state index is 0. The third-order valence-corrected chi connectivity index (χ3v) is 6.79. The largest absolute Gasteiger partial charge is 0.353 e. The topological polar surface area (TPSA) is 41.1 Å². The molecule has 3 nitrogen and oxygen atoms in total. The Hall–Kier alpha value is -0.280. The van der Waals surface area contributed by atoms with Gasteiger partial charge < -0.3 is 10.6 Å². The summed E-state index contributed by atoms with van der Waals surface area (Å²) in [5.74, 6) is 3.42. The van der Waals surface area contributed by atoms with Gasteiger partial charge in [-0.1, -0.05) is 0 Å². The van der Waals surface area contributed by atoms with E-state index in [1.54, 1.807) is 0 Å². The lowest BCUT2D eigenvalue weighted by Crippen LogP contribution is -2.56. The lowest BCUT2D eigenvalue weighted by atomic mass is 9.48. The SMILES string of the molecule is CC(NC(=O)C1CCNC1)C12CC3CC(CC(C3)C1)C2.Cl. The summed E-state index contributed by atoms with van der Waals surface area (Å²) in [6.07, 6.45) is 9.58. The number of carbonyl (C=O) groups is 1. The minimum atomic E-state index is 0. The average Bonchev–Trinajstić information content (AvgIpc) is 2.90. The zero-order chi connectivity index (χ0) is 13.7. The number of hydrogen-bond acceptors (Lipinski definition) is 2. The fourth-order valence-corrected chi connectivity index (χ4v) is 6.07. The zero-order valence-electron chi connectivity index (χ0n) is 13.1. The molecule has 1 heterocycles. The van der Waals surface area contributed by atoms with Gasteiger partial charge in [-0.05, 0) is 81.6 Å². The molecule has 0 aromatic rings. The van der Waals surface area contributed by atoms with E-state index < -0.39 is 0 Å². The fourth-order valence-electron chi connectivity index (χ4n) is 6.07. The highest BCUT2D eigenvalue weighted by Gasteiger charge is 2.53. The van der Waals surface area contributed by atoms with E-state index in [0.717, 1.165) is 37.3 Å². The number of carbonyl (C=O) groups excluding carboxylic acids is 1. The molecule has 4 bridgehead atoms. The highest BCUT2D eigenvalue weighted by Crippen LogP contribution is 2.61. The number of halogens is 1. The number of hydrogen-bond donors (Lipinski definition) is 2. The van der Waals surface area contributed by atoms with Gasteiger partial charge in [0.15, 0.2) is 0 Å². The lowest BCUT2D eigenvalue weighted by Gasteiger charge is -2.59. The number of amides is 1. The Bertz CT molecular complexity index is 370. The van der Waals surface area contributed by atoms with Crippen molar-refractivity contribution in [1.29, 1.82) is 0 Å². The molecule has 0 aromatic carbocycles. The number of rotatable bonds is 3. The van der Waals surface area contributed by atoms with E-state index in [-0.39, 0.29) is 18.3 Å². The molecule has 2 unspecified atom stereocenters. The predicted octanol–water partition coefficient (Wildman–Crippen LogP) is 2.74. The highest BCUT2D eigenvalue weighted by molar-refractivity contribution is 5.85. The van der Waals surface area contributed by atoms with Gasteiger partial charge >= 0.3 is 0 Å². The molecule has 1 amide bonds. The second kappa shape index (κ2) is 5.73. The van der Waals surface area contributed by atoms with Gasteiger partial charge in [0.2, 0.25) is 5.91 Å². The fraction of sp³-hybridized carbons (Fsp3) is 0.941. The smallest absolute Gasteiger partial charge is 0.224 e. The standard InChI is InChI=1S/C17H28N2O.ClH/c1-11(19-16(20)15-2-3-18-10-15)17-7-12-4-13(8-17)6-14(5-12)9-17;/h11-15,18H,2-10H2,1H3,(H,19,20);1H. The highest BCUT2D eigenvalue weighted by atomic mass is 35.5. The molecule has 0 radical (unpaired) electrons. The Morgan fingerprint density at radius 2 is 1.71 bits per heavy atom. The van der Waals surface area contributed by atoms with Crippen molar-refractivity contribution in [2.75, 3.05) is 13.1 Å². The van der Waals surface area contributed by atoms with E-state index in [1.807, 2.05) is 0 Å². The first kappa shape index (κ1) is 15.6. The molecule has 2 N–H and O–H groups in total. The van der Waals surface area contributed by atoms with Crippen molar-refractivity contribution < 1.29 is 4.79 Å². The summed E-state index contributed by atoms with van der Waals surface area (Å²) in [6, 6.07) is 0.379. The normalized spacial score (nSPS) is 45.2. The van der Waals surface area contributed by atoms with Crippen molar-refractivity contribution in [2.24, 2.45) is 29.1 Å². The first-order valence-corrected chi connectivity index (χ1v) is 8.66. The molecule has 5 fully saturated rings. The van der Waals surface area contributed by atoms with Crippen molar-refractivity contribution in [3.63, 3.8) is 0 Å². The van der Waals surface area contributed by atoms with Crippen molar-refractivity contribution in [3.05, 3.63) is 0 Å². The summed E-state index contributed by atoms with van der Waals surface area (Å²) in [5, 5.41) is 6.70. The molecular formula is C17H29ClN2O. The van der Waals surface area contributed by atoms with Crippen LogP contribution in [0.2, 0.25) is 0 Å². The molecule has 5 rings (SSSR count). The molecule has 4 aliphatic carbocycles. The molecule has 0 aromatic heterocycles. The van der Waals surface area contributed by atoms with Crippen LogP contribution in [0.25, 0.3) is 0 Å². The summed E-state index contributed by atoms with van der Waals surface area (Å²) in [4.78, 5) is 12.4. The van der Waals surface area contributed by atoms with Gasteiger partial charge in [0, 0.05) is 12.6 Å². The van der Waals surface area contributed by atoms with Crippen LogP contribution >= 0.6 is 12.4 Å². The van der Waals surface area contributed by atoms with Crippen LogP contribution in [-0.2, 0) is 4.79 Å². The molecule has 21 heavy (non-hydrogen) atoms. The number of nitrogens with one attached hydrogen (secondary N) is 2. The van der Waals surface area contributed by atoms with Crippen LogP contribution < -0.4 is 10.6 Å². The van der Waals surface area contributed by atoms with Crippen molar-refractivity contribution in [1.82, 2.24) is 10.6 Å². The van der Waals surface area contributed by atoms with Gasteiger partial charge in [-0.2, -0.15) is 0 Å². The second-order valence-corrected chi connectivity index (χ2v) is 8.20. The average molecular weight is 313 g/mol. The molecule has 2 atom stereocenters. The first-order valence-electron chi connectivity index (χ1n) is 8.66. The molecule has 120 valence electrons. The monoisotopic (exact) mass is 312 g/mol. The summed E-state index contributed by atoms with van der Waals surface area (Å²) in [6.45, 7) is 4.16. The maximum Gasteiger partial charge on any atom is 0.224 e. The van der Waals surface area contributed by atoms with Crippen molar-refractivity contribution in [3.8, 4) is 0 Å². The van der Waals surface area contributed by atoms with Crippen LogP contribution in [0, 0.1) is 29.1 Å².